The fourth-order valence-corrected chi connectivity index (χ4v) is 3.14. The molecule has 0 heterocycles. The SMILES string of the molecule is CC(C)(C)C(=O)COC(=O)c1cccc(S(=O)(=O)NCc2ccccc2)c1. The average molecular weight is 389 g/mol. The largest absolute Gasteiger partial charge is 0.454 e. The monoisotopic (exact) mass is 389 g/mol. The van der Waals surface area contributed by atoms with Crippen LogP contribution in [-0.4, -0.2) is 26.8 Å². The third kappa shape index (κ3) is 6.01. The fraction of sp³-hybridized carbons (Fsp3) is 0.300. The first-order valence-electron chi connectivity index (χ1n) is 8.44. The topological polar surface area (TPSA) is 89.5 Å². The number of benzene rings is 2. The summed E-state index contributed by atoms with van der Waals surface area (Å²) in [4.78, 5) is 24.0. The molecule has 2 aromatic carbocycles. The van der Waals surface area contributed by atoms with Gasteiger partial charge in [0.25, 0.3) is 0 Å². The second-order valence-corrected chi connectivity index (χ2v) is 8.85. The molecule has 0 atom stereocenters. The Labute approximate surface area is 159 Å². The predicted octanol–water partition coefficient (Wildman–Crippen LogP) is 2.94. The van der Waals surface area contributed by atoms with E-state index in [2.05, 4.69) is 4.72 Å². The van der Waals surface area contributed by atoms with Crippen LogP contribution in [0.25, 0.3) is 0 Å². The highest BCUT2D eigenvalue weighted by atomic mass is 32.2. The standard InChI is InChI=1S/C20H23NO5S/c1-20(2,3)18(22)14-26-19(23)16-10-7-11-17(12-16)27(24,25)21-13-15-8-5-4-6-9-15/h4-12,21H,13-14H2,1-3H3. The van der Waals surface area contributed by atoms with Crippen LogP contribution in [0.3, 0.4) is 0 Å². The second-order valence-electron chi connectivity index (χ2n) is 7.09. The van der Waals surface area contributed by atoms with Gasteiger partial charge in [-0.3, -0.25) is 4.79 Å². The number of rotatable bonds is 7. The molecular weight excluding hydrogens is 366 g/mol. The minimum atomic E-state index is -3.79. The Balaban J connectivity index is 2.07. The van der Waals surface area contributed by atoms with E-state index in [0.29, 0.717) is 0 Å². The Morgan fingerprint density at radius 3 is 2.30 bits per heavy atom. The van der Waals surface area contributed by atoms with Gasteiger partial charge in [-0.2, -0.15) is 0 Å². The number of ether oxygens (including phenoxy) is 1. The third-order valence-electron chi connectivity index (χ3n) is 3.86. The molecule has 1 N–H and O–H groups in total. The van der Waals surface area contributed by atoms with Crippen LogP contribution in [0.5, 0.6) is 0 Å². The zero-order valence-electron chi connectivity index (χ0n) is 15.6. The van der Waals surface area contributed by atoms with E-state index >= 15 is 0 Å². The summed E-state index contributed by atoms with van der Waals surface area (Å²) in [6.07, 6.45) is 0. The number of sulfonamides is 1. The second kappa shape index (κ2) is 8.45. The van der Waals surface area contributed by atoms with Crippen molar-refractivity contribution >= 4 is 21.8 Å². The molecule has 2 aromatic rings. The van der Waals surface area contributed by atoms with Crippen molar-refractivity contribution in [2.45, 2.75) is 32.2 Å². The van der Waals surface area contributed by atoms with Crippen LogP contribution in [0.1, 0.15) is 36.7 Å². The van der Waals surface area contributed by atoms with E-state index in [1.165, 1.54) is 24.3 Å². The van der Waals surface area contributed by atoms with Gasteiger partial charge in [-0.05, 0) is 23.8 Å². The minimum Gasteiger partial charge on any atom is -0.454 e. The van der Waals surface area contributed by atoms with E-state index in [-0.39, 0.29) is 29.4 Å². The maximum absolute atomic E-state index is 12.5. The summed E-state index contributed by atoms with van der Waals surface area (Å²) < 4.78 is 32.4. The lowest BCUT2D eigenvalue weighted by atomic mass is 9.91. The Morgan fingerprint density at radius 1 is 1.00 bits per heavy atom. The van der Waals surface area contributed by atoms with Crippen LogP contribution >= 0.6 is 0 Å². The number of nitrogens with one attached hydrogen (secondary N) is 1. The molecule has 0 fully saturated rings. The van der Waals surface area contributed by atoms with E-state index < -0.39 is 21.4 Å². The first-order chi connectivity index (χ1) is 12.6. The van der Waals surface area contributed by atoms with Gasteiger partial charge in [-0.1, -0.05) is 57.2 Å². The maximum atomic E-state index is 12.5. The van der Waals surface area contributed by atoms with Gasteiger partial charge in [0.2, 0.25) is 10.0 Å². The van der Waals surface area contributed by atoms with Crippen molar-refractivity contribution in [1.29, 1.82) is 0 Å². The van der Waals surface area contributed by atoms with Crippen LogP contribution in [0.4, 0.5) is 0 Å². The normalized spacial score (nSPS) is 11.8. The Morgan fingerprint density at radius 2 is 1.67 bits per heavy atom. The highest BCUT2D eigenvalue weighted by Crippen LogP contribution is 2.16. The van der Waals surface area contributed by atoms with E-state index in [4.69, 9.17) is 4.74 Å². The molecule has 7 heteroatoms. The summed E-state index contributed by atoms with van der Waals surface area (Å²) in [5.41, 5.74) is 0.268. The molecule has 0 spiro atoms. The summed E-state index contributed by atoms with van der Waals surface area (Å²) in [5.74, 6) is -0.961. The average Bonchev–Trinajstić information content (AvgIpc) is 2.64. The van der Waals surface area contributed by atoms with Crippen molar-refractivity contribution in [1.82, 2.24) is 4.72 Å². The van der Waals surface area contributed by atoms with Crippen LogP contribution in [-0.2, 0) is 26.1 Å². The van der Waals surface area contributed by atoms with Crippen molar-refractivity contribution in [3.63, 3.8) is 0 Å². The van der Waals surface area contributed by atoms with Crippen molar-refractivity contribution in [2.75, 3.05) is 6.61 Å². The van der Waals surface area contributed by atoms with E-state index in [0.717, 1.165) is 5.56 Å². The van der Waals surface area contributed by atoms with Gasteiger partial charge in [-0.25, -0.2) is 17.9 Å². The lowest BCUT2D eigenvalue weighted by Gasteiger charge is -2.16. The van der Waals surface area contributed by atoms with Crippen molar-refractivity contribution < 1.29 is 22.7 Å². The van der Waals surface area contributed by atoms with Gasteiger partial charge in [-0.15, -0.1) is 0 Å². The van der Waals surface area contributed by atoms with Crippen LogP contribution in [0.2, 0.25) is 0 Å². The molecule has 0 bridgehead atoms. The van der Waals surface area contributed by atoms with Crippen LogP contribution < -0.4 is 4.72 Å². The van der Waals surface area contributed by atoms with Gasteiger partial charge < -0.3 is 4.74 Å². The number of carbonyl (C=O) groups excluding carboxylic acids is 2. The number of Topliss-reactive ketones (excluding diaryl/α,β-unsaturated/α-hetero) is 1. The molecular formula is C20H23NO5S. The summed E-state index contributed by atoms with van der Waals surface area (Å²) in [6.45, 7) is 4.97. The third-order valence-corrected chi connectivity index (χ3v) is 5.26. The molecule has 0 saturated heterocycles. The number of hydrogen-bond donors (Lipinski definition) is 1. The predicted molar refractivity (Wildman–Crippen MR) is 102 cm³/mol. The summed E-state index contributed by atoms with van der Waals surface area (Å²) in [6, 6.07) is 14.6. The highest BCUT2D eigenvalue weighted by molar-refractivity contribution is 7.89. The molecule has 27 heavy (non-hydrogen) atoms. The molecule has 0 aliphatic carbocycles. The van der Waals surface area contributed by atoms with Crippen LogP contribution in [0.15, 0.2) is 59.5 Å². The van der Waals surface area contributed by atoms with Gasteiger partial charge in [0.1, 0.15) is 0 Å². The molecule has 0 radical (unpaired) electrons. The quantitative estimate of drug-likeness (QED) is 0.736. The molecule has 2 rings (SSSR count). The zero-order valence-corrected chi connectivity index (χ0v) is 16.4. The summed E-state index contributed by atoms with van der Waals surface area (Å²) >= 11 is 0. The molecule has 0 aliphatic rings. The van der Waals surface area contributed by atoms with Gasteiger partial charge >= 0.3 is 5.97 Å². The number of carbonyl (C=O) groups is 2. The van der Waals surface area contributed by atoms with Crippen molar-refractivity contribution in [3.05, 3.63) is 65.7 Å². The lowest BCUT2D eigenvalue weighted by molar-refractivity contribution is -0.129. The highest BCUT2D eigenvalue weighted by Gasteiger charge is 2.23. The van der Waals surface area contributed by atoms with E-state index in [9.17, 15) is 18.0 Å². The van der Waals surface area contributed by atoms with Crippen LogP contribution in [0, 0.1) is 5.41 Å². The molecule has 0 amide bonds. The zero-order chi connectivity index (χ0) is 20.1. The maximum Gasteiger partial charge on any atom is 0.338 e. The number of ketones is 1. The fourth-order valence-electron chi connectivity index (χ4n) is 2.08. The van der Waals surface area contributed by atoms with Crippen molar-refractivity contribution in [3.8, 4) is 0 Å². The molecule has 0 unspecified atom stereocenters. The van der Waals surface area contributed by atoms with Gasteiger partial charge in [0, 0.05) is 12.0 Å². The minimum absolute atomic E-state index is 0.0463. The van der Waals surface area contributed by atoms with Gasteiger partial charge in [0.05, 0.1) is 10.5 Å². The molecule has 0 aliphatic heterocycles. The summed E-state index contributed by atoms with van der Waals surface area (Å²) in [5, 5.41) is 0. The van der Waals surface area contributed by atoms with E-state index in [1.807, 2.05) is 30.3 Å². The molecule has 144 valence electrons. The Hall–Kier alpha value is -2.51. The molecule has 6 nitrogen and oxygen atoms in total. The number of esters is 1. The Kier molecular flexibility index (Phi) is 6.51. The smallest absolute Gasteiger partial charge is 0.338 e. The lowest BCUT2D eigenvalue weighted by Crippen LogP contribution is -2.26. The first kappa shape index (κ1) is 20.8. The molecule has 0 saturated carbocycles. The van der Waals surface area contributed by atoms with E-state index in [1.54, 1.807) is 20.8 Å². The van der Waals surface area contributed by atoms with Gasteiger partial charge in [0.15, 0.2) is 12.4 Å². The Bertz CT molecular complexity index is 915. The first-order valence-corrected chi connectivity index (χ1v) is 9.92. The molecule has 0 aromatic heterocycles. The number of hydrogen-bond acceptors (Lipinski definition) is 5. The van der Waals surface area contributed by atoms with Crippen molar-refractivity contribution in [2.24, 2.45) is 5.41 Å². The summed E-state index contributed by atoms with van der Waals surface area (Å²) in [7, 11) is -3.79.